The fourth-order valence-corrected chi connectivity index (χ4v) is 2.63. The van der Waals surface area contributed by atoms with Gasteiger partial charge in [-0.05, 0) is 30.9 Å². The lowest BCUT2D eigenvalue weighted by molar-refractivity contribution is 0.218. The van der Waals surface area contributed by atoms with E-state index in [9.17, 15) is 13.6 Å². The summed E-state index contributed by atoms with van der Waals surface area (Å²) in [6.07, 6.45) is 0.999. The van der Waals surface area contributed by atoms with Crippen LogP contribution in [0.5, 0.6) is 0 Å². The summed E-state index contributed by atoms with van der Waals surface area (Å²) < 4.78 is 27.3. The summed E-state index contributed by atoms with van der Waals surface area (Å²) in [5, 5.41) is 14.5. The van der Waals surface area contributed by atoms with Crippen molar-refractivity contribution in [2.24, 2.45) is 5.92 Å². The van der Waals surface area contributed by atoms with E-state index in [1.54, 1.807) is 0 Å². The molecule has 22 heavy (non-hydrogen) atoms. The number of carbonyl (C=O) groups excluding carboxylic acids is 1. The molecule has 1 saturated carbocycles. The van der Waals surface area contributed by atoms with Crippen molar-refractivity contribution in [1.29, 1.82) is 0 Å². The molecule has 0 spiro atoms. The molecule has 1 aromatic rings. The predicted octanol–water partition coefficient (Wildman–Crippen LogP) is 2.53. The monoisotopic (exact) mass is 312 g/mol. The lowest BCUT2D eigenvalue weighted by atomic mass is 10.0. The van der Waals surface area contributed by atoms with Crippen LogP contribution in [-0.2, 0) is 0 Å². The molecule has 0 saturated heterocycles. The second-order valence-corrected chi connectivity index (χ2v) is 6.06. The first-order valence-electron chi connectivity index (χ1n) is 7.55. The largest absolute Gasteiger partial charge is 0.396 e. The van der Waals surface area contributed by atoms with E-state index in [1.807, 2.05) is 13.8 Å². The van der Waals surface area contributed by atoms with Gasteiger partial charge >= 0.3 is 6.03 Å². The Labute approximate surface area is 128 Å². The highest BCUT2D eigenvalue weighted by molar-refractivity contribution is 5.75. The number of hydrogen-bond donors (Lipinski definition) is 3. The molecular formula is C16H22F2N2O2. The molecule has 0 bridgehead atoms. The quantitative estimate of drug-likeness (QED) is 0.756. The van der Waals surface area contributed by atoms with Crippen LogP contribution >= 0.6 is 0 Å². The molecule has 4 nitrogen and oxygen atoms in total. The van der Waals surface area contributed by atoms with Gasteiger partial charge in [-0.2, -0.15) is 0 Å². The molecule has 122 valence electrons. The second kappa shape index (κ2) is 7.05. The van der Waals surface area contributed by atoms with Gasteiger partial charge in [0.2, 0.25) is 0 Å². The highest BCUT2D eigenvalue weighted by Crippen LogP contribution is 2.43. The molecule has 0 aliphatic heterocycles. The van der Waals surface area contributed by atoms with E-state index >= 15 is 0 Å². The lowest BCUT2D eigenvalue weighted by Crippen LogP contribution is -2.45. The van der Waals surface area contributed by atoms with Gasteiger partial charge in [0, 0.05) is 30.2 Å². The first kappa shape index (κ1) is 16.7. The number of carbonyl (C=O) groups is 1. The highest BCUT2D eigenvalue weighted by atomic mass is 19.1. The first-order valence-corrected chi connectivity index (χ1v) is 7.55. The highest BCUT2D eigenvalue weighted by Gasteiger charge is 2.42. The first-order chi connectivity index (χ1) is 10.4. The Morgan fingerprint density at radius 1 is 1.36 bits per heavy atom. The van der Waals surface area contributed by atoms with E-state index in [4.69, 9.17) is 5.11 Å². The summed E-state index contributed by atoms with van der Waals surface area (Å²) in [6.45, 7) is 3.90. The molecule has 0 aromatic heterocycles. The Bertz CT molecular complexity index is 517. The molecule has 0 radical (unpaired) electrons. The van der Waals surface area contributed by atoms with E-state index in [-0.39, 0.29) is 42.1 Å². The van der Waals surface area contributed by atoms with Gasteiger partial charge < -0.3 is 15.7 Å². The van der Waals surface area contributed by atoms with E-state index in [2.05, 4.69) is 10.6 Å². The third-order valence-electron chi connectivity index (χ3n) is 4.04. The number of amides is 2. The van der Waals surface area contributed by atoms with E-state index < -0.39 is 11.6 Å². The Morgan fingerprint density at radius 3 is 2.55 bits per heavy atom. The minimum absolute atomic E-state index is 0.00435. The van der Waals surface area contributed by atoms with Crippen molar-refractivity contribution >= 4 is 6.03 Å². The minimum Gasteiger partial charge on any atom is -0.396 e. The summed E-state index contributed by atoms with van der Waals surface area (Å²) in [7, 11) is 0. The summed E-state index contributed by atoms with van der Waals surface area (Å²) in [5.74, 6) is -1.27. The summed E-state index contributed by atoms with van der Waals surface area (Å²) in [6, 6.07) is 3.03. The van der Waals surface area contributed by atoms with Gasteiger partial charge in [-0.25, -0.2) is 13.6 Å². The van der Waals surface area contributed by atoms with Crippen molar-refractivity contribution in [2.75, 3.05) is 6.61 Å². The molecule has 2 amide bonds. The van der Waals surface area contributed by atoms with E-state index in [0.717, 1.165) is 0 Å². The average Bonchev–Trinajstić information content (AvgIpc) is 3.16. The average molecular weight is 312 g/mol. The van der Waals surface area contributed by atoms with Crippen molar-refractivity contribution < 1.29 is 18.7 Å². The van der Waals surface area contributed by atoms with Gasteiger partial charge in [-0.15, -0.1) is 0 Å². The van der Waals surface area contributed by atoms with Crippen LogP contribution in [0.25, 0.3) is 0 Å². The fraction of sp³-hybridized carbons (Fsp3) is 0.562. The van der Waals surface area contributed by atoms with Crippen molar-refractivity contribution in [3.05, 3.63) is 35.4 Å². The predicted molar refractivity (Wildman–Crippen MR) is 79.5 cm³/mol. The van der Waals surface area contributed by atoms with E-state index in [1.165, 1.54) is 18.2 Å². The zero-order valence-corrected chi connectivity index (χ0v) is 12.8. The van der Waals surface area contributed by atoms with E-state index in [0.29, 0.717) is 12.8 Å². The van der Waals surface area contributed by atoms with Gasteiger partial charge in [0.1, 0.15) is 11.6 Å². The lowest BCUT2D eigenvalue weighted by Gasteiger charge is -2.21. The number of nitrogens with one attached hydrogen (secondary N) is 2. The third-order valence-corrected chi connectivity index (χ3v) is 4.04. The van der Waals surface area contributed by atoms with Crippen LogP contribution in [0.3, 0.4) is 0 Å². The smallest absolute Gasteiger partial charge is 0.315 e. The van der Waals surface area contributed by atoms with Crippen molar-refractivity contribution in [3.8, 4) is 0 Å². The number of aliphatic hydroxyl groups excluding tert-OH is 1. The molecule has 3 unspecified atom stereocenters. The number of rotatable bonds is 6. The van der Waals surface area contributed by atoms with Crippen LogP contribution in [0.4, 0.5) is 13.6 Å². The third kappa shape index (κ3) is 3.94. The van der Waals surface area contributed by atoms with Crippen LogP contribution < -0.4 is 10.6 Å². The number of urea groups is 1. The fourth-order valence-electron chi connectivity index (χ4n) is 2.63. The molecule has 3 atom stereocenters. The van der Waals surface area contributed by atoms with Gasteiger partial charge in [0.25, 0.3) is 0 Å². The Balaban J connectivity index is 1.90. The molecule has 1 aliphatic rings. The molecule has 2 rings (SSSR count). The number of halogens is 2. The molecule has 1 fully saturated rings. The minimum atomic E-state index is -0.574. The number of hydrogen-bond acceptors (Lipinski definition) is 2. The topological polar surface area (TPSA) is 61.4 Å². The Kier molecular flexibility index (Phi) is 5.34. The van der Waals surface area contributed by atoms with Crippen LogP contribution in [-0.4, -0.2) is 29.8 Å². The molecule has 0 heterocycles. The van der Waals surface area contributed by atoms with Crippen LogP contribution in [0.15, 0.2) is 18.2 Å². The van der Waals surface area contributed by atoms with Gasteiger partial charge in [0.15, 0.2) is 0 Å². The van der Waals surface area contributed by atoms with Crippen LogP contribution in [0.1, 0.15) is 38.2 Å². The summed E-state index contributed by atoms with van der Waals surface area (Å²) >= 11 is 0. The van der Waals surface area contributed by atoms with Crippen molar-refractivity contribution in [2.45, 2.75) is 44.7 Å². The number of aliphatic hydroxyl groups is 1. The van der Waals surface area contributed by atoms with Crippen molar-refractivity contribution in [3.63, 3.8) is 0 Å². The molecular weight excluding hydrogens is 290 g/mol. The summed E-state index contributed by atoms with van der Waals surface area (Å²) in [5.41, 5.74) is 0.0450. The standard InChI is InChI=1S/C16H22F2N2O2/c1-9(2)13(6-7-21)19-16(22)20-14-8-10(14)15-11(17)4-3-5-12(15)18/h3-5,9-10,13-14,21H,6-8H2,1-2H3,(H2,19,20,22). The molecule has 6 heteroatoms. The van der Waals surface area contributed by atoms with Gasteiger partial charge in [-0.1, -0.05) is 19.9 Å². The molecule has 1 aromatic carbocycles. The van der Waals surface area contributed by atoms with Crippen LogP contribution in [0, 0.1) is 17.6 Å². The normalized spacial score (nSPS) is 21.5. The zero-order chi connectivity index (χ0) is 16.3. The maximum atomic E-state index is 13.7. The Hall–Kier alpha value is -1.69. The SMILES string of the molecule is CC(C)C(CCO)NC(=O)NC1CC1c1c(F)cccc1F. The maximum Gasteiger partial charge on any atom is 0.315 e. The summed E-state index contributed by atoms with van der Waals surface area (Å²) in [4.78, 5) is 11.9. The van der Waals surface area contributed by atoms with Gasteiger partial charge in [0.05, 0.1) is 0 Å². The van der Waals surface area contributed by atoms with Crippen molar-refractivity contribution in [1.82, 2.24) is 10.6 Å². The zero-order valence-electron chi connectivity index (χ0n) is 12.8. The molecule has 3 N–H and O–H groups in total. The van der Waals surface area contributed by atoms with Crippen LogP contribution in [0.2, 0.25) is 0 Å². The molecule has 1 aliphatic carbocycles. The van der Waals surface area contributed by atoms with Gasteiger partial charge in [-0.3, -0.25) is 0 Å². The second-order valence-electron chi connectivity index (χ2n) is 6.06. The number of benzene rings is 1. The maximum absolute atomic E-state index is 13.7. The Morgan fingerprint density at radius 2 is 2.00 bits per heavy atom.